The monoisotopic (exact) mass is 242 g/mol. The molecule has 1 unspecified atom stereocenters. The Bertz CT molecular complexity index is 434. The molecule has 0 fully saturated rings. The minimum absolute atomic E-state index is 0.198. The van der Waals surface area contributed by atoms with Crippen LogP contribution in [-0.4, -0.2) is 22.9 Å². The van der Waals surface area contributed by atoms with Crippen LogP contribution in [-0.2, 0) is 4.79 Å². The number of carbonyl (C=O) groups is 2. The van der Waals surface area contributed by atoms with Crippen LogP contribution in [0.5, 0.6) is 0 Å². The van der Waals surface area contributed by atoms with Gasteiger partial charge in [0.05, 0.1) is 0 Å². The molecule has 1 atom stereocenters. The predicted octanol–water partition coefficient (Wildman–Crippen LogP) is 0.907. The van der Waals surface area contributed by atoms with Crippen LogP contribution in [0.2, 0.25) is 5.02 Å². The Hall–Kier alpha value is -1.59. The van der Waals surface area contributed by atoms with Gasteiger partial charge in [0.2, 0.25) is 0 Å². The van der Waals surface area contributed by atoms with E-state index >= 15 is 0 Å². The highest BCUT2D eigenvalue weighted by Gasteiger charge is 2.19. The highest BCUT2D eigenvalue weighted by Crippen LogP contribution is 2.19. The molecule has 0 radical (unpaired) electrons. The zero-order valence-electron chi connectivity index (χ0n) is 8.31. The highest BCUT2D eigenvalue weighted by molar-refractivity contribution is 6.31. The molecule has 0 aromatic heterocycles. The van der Waals surface area contributed by atoms with E-state index in [2.05, 4.69) is 0 Å². The number of hydrogen-bond acceptors (Lipinski definition) is 4. The Morgan fingerprint density at radius 1 is 1.44 bits per heavy atom. The van der Waals surface area contributed by atoms with Crippen molar-refractivity contribution in [2.24, 2.45) is 5.73 Å². The van der Waals surface area contributed by atoms with Gasteiger partial charge >= 0.3 is 5.97 Å². The molecule has 6 heteroatoms. The minimum Gasteiger partial charge on any atom is -0.480 e. The van der Waals surface area contributed by atoms with E-state index in [0.717, 1.165) is 0 Å². The van der Waals surface area contributed by atoms with Crippen LogP contribution in [0, 0.1) is 0 Å². The van der Waals surface area contributed by atoms with Crippen LogP contribution in [0.3, 0.4) is 0 Å². The van der Waals surface area contributed by atoms with Crippen molar-refractivity contribution in [1.82, 2.24) is 0 Å². The normalized spacial score (nSPS) is 12.1. The van der Waals surface area contributed by atoms with E-state index in [0.29, 0.717) is 5.02 Å². The number of ketones is 1. The second-order valence-corrected chi connectivity index (χ2v) is 3.74. The number of halogens is 1. The second kappa shape index (κ2) is 4.96. The van der Waals surface area contributed by atoms with Crippen LogP contribution in [0.25, 0.3) is 0 Å². The lowest BCUT2D eigenvalue weighted by atomic mass is 10.0. The Morgan fingerprint density at radius 2 is 2.06 bits per heavy atom. The zero-order valence-corrected chi connectivity index (χ0v) is 9.07. The van der Waals surface area contributed by atoms with Crippen LogP contribution >= 0.6 is 11.6 Å². The molecule has 0 aliphatic carbocycles. The van der Waals surface area contributed by atoms with Crippen LogP contribution in [0.15, 0.2) is 18.2 Å². The molecule has 0 bridgehead atoms. The molecule has 16 heavy (non-hydrogen) atoms. The van der Waals surface area contributed by atoms with Crippen LogP contribution in [0.4, 0.5) is 5.69 Å². The van der Waals surface area contributed by atoms with Gasteiger partial charge in [-0.25, -0.2) is 0 Å². The van der Waals surface area contributed by atoms with Crippen molar-refractivity contribution in [3.05, 3.63) is 28.8 Å². The molecule has 5 nitrogen and oxygen atoms in total. The van der Waals surface area contributed by atoms with Gasteiger partial charge < -0.3 is 16.6 Å². The van der Waals surface area contributed by atoms with Gasteiger partial charge in [-0.05, 0) is 18.2 Å². The summed E-state index contributed by atoms with van der Waals surface area (Å²) in [7, 11) is 0. The summed E-state index contributed by atoms with van der Waals surface area (Å²) in [4.78, 5) is 22.1. The maximum absolute atomic E-state index is 11.7. The number of carbonyl (C=O) groups excluding carboxylic acids is 1. The van der Waals surface area contributed by atoms with Crippen molar-refractivity contribution >= 4 is 29.0 Å². The molecule has 0 saturated carbocycles. The number of nitrogens with two attached hydrogens (primary N) is 2. The SMILES string of the molecule is Nc1ccc(Cl)cc1C(=O)CC(N)C(=O)O. The Labute approximate surface area is 97.0 Å². The summed E-state index contributed by atoms with van der Waals surface area (Å²) in [5, 5.41) is 8.93. The van der Waals surface area contributed by atoms with E-state index in [1.165, 1.54) is 12.1 Å². The third-order valence-electron chi connectivity index (χ3n) is 2.04. The zero-order chi connectivity index (χ0) is 12.3. The molecule has 0 spiro atoms. The van der Waals surface area contributed by atoms with E-state index in [1.807, 2.05) is 0 Å². The molecule has 0 aliphatic heterocycles. The highest BCUT2D eigenvalue weighted by atomic mass is 35.5. The summed E-state index contributed by atoms with van der Waals surface area (Å²) in [6.45, 7) is 0. The topological polar surface area (TPSA) is 106 Å². The standard InChI is InChI=1S/C10H11ClN2O3/c11-5-1-2-7(12)6(3-5)9(14)4-8(13)10(15)16/h1-3,8H,4,12-13H2,(H,15,16). The van der Waals surface area contributed by atoms with E-state index in [4.69, 9.17) is 28.2 Å². The Morgan fingerprint density at radius 3 is 2.62 bits per heavy atom. The quantitative estimate of drug-likeness (QED) is 0.537. The Kier molecular flexibility index (Phi) is 3.87. The lowest BCUT2D eigenvalue weighted by molar-refractivity contribution is -0.138. The van der Waals surface area contributed by atoms with Gasteiger partial charge in [-0.3, -0.25) is 9.59 Å². The average molecular weight is 243 g/mol. The first kappa shape index (κ1) is 12.5. The number of nitrogen functional groups attached to an aromatic ring is 1. The summed E-state index contributed by atoms with van der Waals surface area (Å²) in [5.74, 6) is -1.66. The van der Waals surface area contributed by atoms with Crippen LogP contribution in [0.1, 0.15) is 16.8 Å². The number of benzene rings is 1. The van der Waals surface area contributed by atoms with Crippen molar-refractivity contribution < 1.29 is 14.7 Å². The molecule has 86 valence electrons. The fourth-order valence-electron chi connectivity index (χ4n) is 1.17. The van der Waals surface area contributed by atoms with Gasteiger partial charge in [0.15, 0.2) is 5.78 Å². The number of carboxylic acid groups (broad SMARTS) is 1. The number of Topliss-reactive ketones (excluding diaryl/α,β-unsaturated/α-hetero) is 1. The van der Waals surface area contributed by atoms with E-state index in [9.17, 15) is 9.59 Å². The summed E-state index contributed by atoms with van der Waals surface area (Å²) in [6.07, 6.45) is -0.306. The van der Waals surface area contributed by atoms with Gasteiger partial charge in [-0.2, -0.15) is 0 Å². The fraction of sp³-hybridized carbons (Fsp3) is 0.200. The van der Waals surface area contributed by atoms with Gasteiger partial charge in [0, 0.05) is 22.7 Å². The second-order valence-electron chi connectivity index (χ2n) is 3.30. The average Bonchev–Trinajstić information content (AvgIpc) is 2.21. The molecule has 0 saturated heterocycles. The van der Waals surface area contributed by atoms with Crippen molar-refractivity contribution in [3.63, 3.8) is 0 Å². The maximum Gasteiger partial charge on any atom is 0.320 e. The minimum atomic E-state index is -1.23. The molecule has 1 aromatic rings. The first-order valence-corrected chi connectivity index (χ1v) is 4.86. The van der Waals surface area contributed by atoms with Gasteiger partial charge in [0.1, 0.15) is 6.04 Å². The molecule has 5 N–H and O–H groups in total. The maximum atomic E-state index is 11.7. The molecule has 1 rings (SSSR count). The number of rotatable bonds is 4. The molecule has 0 heterocycles. The lowest BCUT2D eigenvalue weighted by Crippen LogP contribution is -2.32. The fourth-order valence-corrected chi connectivity index (χ4v) is 1.34. The van der Waals surface area contributed by atoms with Gasteiger partial charge in [-0.1, -0.05) is 11.6 Å². The summed E-state index contributed by atoms with van der Waals surface area (Å²) < 4.78 is 0. The number of hydrogen-bond donors (Lipinski definition) is 3. The molecular formula is C10H11ClN2O3. The molecule has 0 aliphatic rings. The molecular weight excluding hydrogens is 232 g/mol. The predicted molar refractivity (Wildman–Crippen MR) is 60.4 cm³/mol. The summed E-state index contributed by atoms with van der Waals surface area (Å²) in [6, 6.07) is 3.20. The van der Waals surface area contributed by atoms with Crippen molar-refractivity contribution in [1.29, 1.82) is 0 Å². The smallest absolute Gasteiger partial charge is 0.320 e. The molecule has 1 aromatic carbocycles. The number of anilines is 1. The van der Waals surface area contributed by atoms with Crippen LogP contribution < -0.4 is 11.5 Å². The third kappa shape index (κ3) is 2.95. The largest absolute Gasteiger partial charge is 0.480 e. The van der Waals surface area contributed by atoms with E-state index in [1.54, 1.807) is 6.07 Å². The van der Waals surface area contributed by atoms with Crippen molar-refractivity contribution in [2.75, 3.05) is 5.73 Å². The summed E-state index contributed by atoms with van der Waals surface area (Å²) >= 11 is 5.70. The van der Waals surface area contributed by atoms with E-state index in [-0.39, 0.29) is 17.7 Å². The first-order chi connectivity index (χ1) is 7.41. The summed E-state index contributed by atoms with van der Waals surface area (Å²) in [5.41, 5.74) is 11.3. The third-order valence-corrected chi connectivity index (χ3v) is 2.27. The van der Waals surface area contributed by atoms with Gasteiger partial charge in [0.25, 0.3) is 0 Å². The lowest BCUT2D eigenvalue weighted by Gasteiger charge is -2.07. The number of carboxylic acids is 1. The number of aliphatic carboxylic acids is 1. The van der Waals surface area contributed by atoms with Gasteiger partial charge in [-0.15, -0.1) is 0 Å². The Balaban J connectivity index is 2.88. The van der Waals surface area contributed by atoms with E-state index < -0.39 is 17.8 Å². The molecule has 0 amide bonds. The van der Waals surface area contributed by atoms with Crippen molar-refractivity contribution in [3.8, 4) is 0 Å². The van der Waals surface area contributed by atoms with Crippen molar-refractivity contribution in [2.45, 2.75) is 12.5 Å². The first-order valence-electron chi connectivity index (χ1n) is 4.48.